The summed E-state index contributed by atoms with van der Waals surface area (Å²) in [5.74, 6) is 0.131. The van der Waals surface area contributed by atoms with Crippen molar-refractivity contribution in [2.24, 2.45) is 5.92 Å². The van der Waals surface area contributed by atoms with Crippen molar-refractivity contribution >= 4 is 10.0 Å². The first-order valence-electron chi connectivity index (χ1n) is 4.96. The van der Waals surface area contributed by atoms with Crippen LogP contribution in [0.1, 0.15) is 12.6 Å². The maximum Gasteiger partial charge on any atom is 0.243 e. The van der Waals surface area contributed by atoms with Crippen molar-refractivity contribution < 1.29 is 13.2 Å². The number of hydrogen-bond acceptors (Lipinski definition) is 4. The zero-order valence-corrected chi connectivity index (χ0v) is 10.5. The molecule has 2 N–H and O–H groups in total. The second-order valence-corrected chi connectivity index (χ2v) is 5.51. The lowest BCUT2D eigenvalue weighted by atomic mass is 10.2. The molecule has 16 heavy (non-hydrogen) atoms. The molecule has 1 atom stereocenters. The number of rotatable bonds is 6. The fourth-order valence-electron chi connectivity index (χ4n) is 1.28. The summed E-state index contributed by atoms with van der Waals surface area (Å²) in [5, 5.41) is 6.28. The van der Waals surface area contributed by atoms with Gasteiger partial charge in [-0.25, -0.2) is 13.1 Å². The number of methoxy groups -OCH3 is 1. The molecule has 6 nitrogen and oxygen atoms in total. The van der Waals surface area contributed by atoms with E-state index < -0.39 is 10.0 Å². The van der Waals surface area contributed by atoms with Gasteiger partial charge >= 0.3 is 0 Å². The molecule has 0 aliphatic rings. The number of aromatic amines is 1. The minimum absolute atomic E-state index is 0.131. The topological polar surface area (TPSA) is 84.1 Å². The monoisotopic (exact) mass is 247 g/mol. The molecule has 0 saturated heterocycles. The molecule has 0 spiro atoms. The highest BCUT2D eigenvalue weighted by Gasteiger charge is 2.18. The van der Waals surface area contributed by atoms with Gasteiger partial charge in [0.25, 0.3) is 0 Å². The van der Waals surface area contributed by atoms with Crippen molar-refractivity contribution in [1.82, 2.24) is 14.9 Å². The molecule has 0 aromatic carbocycles. The van der Waals surface area contributed by atoms with Crippen molar-refractivity contribution in [2.75, 3.05) is 20.3 Å². The SMILES string of the molecule is COCC(C)CNS(=O)(=O)c1cn[nH]c1C. The van der Waals surface area contributed by atoms with Gasteiger partial charge in [0.05, 0.1) is 11.9 Å². The van der Waals surface area contributed by atoms with E-state index in [1.165, 1.54) is 6.20 Å². The Morgan fingerprint density at radius 1 is 1.62 bits per heavy atom. The van der Waals surface area contributed by atoms with Crippen LogP contribution in [0.4, 0.5) is 0 Å². The van der Waals surface area contributed by atoms with E-state index in [1.54, 1.807) is 14.0 Å². The minimum Gasteiger partial charge on any atom is -0.384 e. The van der Waals surface area contributed by atoms with Crippen LogP contribution in [0.2, 0.25) is 0 Å². The molecule has 0 aliphatic heterocycles. The molecule has 1 rings (SSSR count). The highest BCUT2D eigenvalue weighted by molar-refractivity contribution is 7.89. The van der Waals surface area contributed by atoms with Gasteiger partial charge in [-0.15, -0.1) is 0 Å². The normalized spacial score (nSPS) is 13.9. The smallest absolute Gasteiger partial charge is 0.243 e. The molecule has 0 fully saturated rings. The predicted octanol–water partition coefficient (Wildman–Crippen LogP) is 0.279. The first kappa shape index (κ1) is 13.1. The standard InChI is InChI=1S/C9H17N3O3S/c1-7(6-15-3)4-11-16(13,14)9-5-10-12-8(9)2/h5,7,11H,4,6H2,1-3H3,(H,10,12). The van der Waals surface area contributed by atoms with Gasteiger partial charge in [0.2, 0.25) is 10.0 Å². The molecule has 0 radical (unpaired) electrons. The molecule has 0 aliphatic carbocycles. The second-order valence-electron chi connectivity index (χ2n) is 3.77. The van der Waals surface area contributed by atoms with Crippen LogP contribution in [0, 0.1) is 12.8 Å². The molecule has 7 heteroatoms. The Balaban J connectivity index is 2.63. The summed E-state index contributed by atoms with van der Waals surface area (Å²) in [4.78, 5) is 0.192. The van der Waals surface area contributed by atoms with E-state index in [2.05, 4.69) is 14.9 Å². The van der Waals surface area contributed by atoms with Crippen molar-refractivity contribution in [3.63, 3.8) is 0 Å². The summed E-state index contributed by atoms with van der Waals surface area (Å²) in [6.45, 7) is 4.45. The maximum atomic E-state index is 11.8. The van der Waals surface area contributed by atoms with E-state index in [0.29, 0.717) is 18.8 Å². The summed E-state index contributed by atoms with van der Waals surface area (Å²) in [7, 11) is -1.87. The van der Waals surface area contributed by atoms with Crippen molar-refractivity contribution in [3.8, 4) is 0 Å². The summed E-state index contributed by atoms with van der Waals surface area (Å²) in [5.41, 5.74) is 0.534. The summed E-state index contributed by atoms with van der Waals surface area (Å²) in [6, 6.07) is 0. The fraction of sp³-hybridized carbons (Fsp3) is 0.667. The Labute approximate surface area is 95.4 Å². The molecule has 0 saturated carbocycles. The second kappa shape index (κ2) is 5.42. The van der Waals surface area contributed by atoms with Gasteiger partial charge in [-0.3, -0.25) is 5.10 Å². The lowest BCUT2D eigenvalue weighted by Gasteiger charge is -2.11. The molecule has 92 valence electrons. The number of nitrogens with one attached hydrogen (secondary N) is 2. The van der Waals surface area contributed by atoms with Crippen LogP contribution in [0.25, 0.3) is 0 Å². The third kappa shape index (κ3) is 3.29. The first-order valence-corrected chi connectivity index (χ1v) is 6.44. The summed E-state index contributed by atoms with van der Waals surface area (Å²) < 4.78 is 31.1. The van der Waals surface area contributed by atoms with E-state index in [1.807, 2.05) is 6.92 Å². The van der Waals surface area contributed by atoms with E-state index in [-0.39, 0.29) is 10.8 Å². The third-order valence-electron chi connectivity index (χ3n) is 2.15. The zero-order chi connectivity index (χ0) is 12.2. The van der Waals surface area contributed by atoms with Crippen molar-refractivity contribution in [3.05, 3.63) is 11.9 Å². The summed E-state index contributed by atoms with van der Waals surface area (Å²) in [6.07, 6.45) is 1.30. The number of sulfonamides is 1. The summed E-state index contributed by atoms with van der Waals surface area (Å²) >= 11 is 0. The van der Waals surface area contributed by atoms with Gasteiger partial charge in [-0.2, -0.15) is 5.10 Å². The molecule has 0 bridgehead atoms. The largest absolute Gasteiger partial charge is 0.384 e. The number of ether oxygens (including phenoxy) is 1. The molecular formula is C9H17N3O3S. The van der Waals surface area contributed by atoms with Crippen LogP contribution in [0.3, 0.4) is 0 Å². The highest BCUT2D eigenvalue weighted by atomic mass is 32.2. The molecular weight excluding hydrogens is 230 g/mol. The van der Waals surface area contributed by atoms with Crippen molar-refractivity contribution in [1.29, 1.82) is 0 Å². The van der Waals surface area contributed by atoms with Gasteiger partial charge in [0.1, 0.15) is 4.90 Å². The van der Waals surface area contributed by atoms with Crippen LogP contribution in [0.5, 0.6) is 0 Å². The Morgan fingerprint density at radius 2 is 2.31 bits per heavy atom. The Hall–Kier alpha value is -0.920. The number of H-pyrrole nitrogens is 1. The van der Waals surface area contributed by atoms with Gasteiger partial charge in [0, 0.05) is 20.3 Å². The van der Waals surface area contributed by atoms with Crippen LogP contribution in [-0.2, 0) is 14.8 Å². The number of aromatic nitrogens is 2. The minimum atomic E-state index is -3.46. The zero-order valence-electron chi connectivity index (χ0n) is 9.65. The Kier molecular flexibility index (Phi) is 4.45. The van der Waals surface area contributed by atoms with Crippen LogP contribution in [-0.4, -0.2) is 38.9 Å². The number of aryl methyl sites for hydroxylation is 1. The lowest BCUT2D eigenvalue weighted by molar-refractivity contribution is 0.161. The molecule has 1 aromatic heterocycles. The van der Waals surface area contributed by atoms with E-state index >= 15 is 0 Å². The lowest BCUT2D eigenvalue weighted by Crippen LogP contribution is -2.30. The third-order valence-corrected chi connectivity index (χ3v) is 3.68. The Bertz CT molecular complexity index is 427. The van der Waals surface area contributed by atoms with Crippen LogP contribution in [0.15, 0.2) is 11.1 Å². The molecule has 1 unspecified atom stereocenters. The van der Waals surface area contributed by atoms with E-state index in [0.717, 1.165) is 0 Å². The van der Waals surface area contributed by atoms with E-state index in [9.17, 15) is 8.42 Å². The fourth-order valence-corrected chi connectivity index (χ4v) is 2.58. The van der Waals surface area contributed by atoms with Gasteiger partial charge in [0.15, 0.2) is 0 Å². The average molecular weight is 247 g/mol. The van der Waals surface area contributed by atoms with Crippen molar-refractivity contribution in [2.45, 2.75) is 18.7 Å². The average Bonchev–Trinajstić information content (AvgIpc) is 2.63. The maximum absolute atomic E-state index is 11.8. The number of hydrogen-bond donors (Lipinski definition) is 2. The molecule has 1 aromatic rings. The van der Waals surface area contributed by atoms with Gasteiger partial charge in [-0.1, -0.05) is 6.92 Å². The molecule has 1 heterocycles. The Morgan fingerprint density at radius 3 is 2.81 bits per heavy atom. The van der Waals surface area contributed by atoms with Gasteiger partial charge < -0.3 is 4.74 Å². The van der Waals surface area contributed by atoms with E-state index in [4.69, 9.17) is 4.74 Å². The predicted molar refractivity (Wildman–Crippen MR) is 59.6 cm³/mol. The highest BCUT2D eigenvalue weighted by Crippen LogP contribution is 2.10. The first-order chi connectivity index (χ1) is 7.47. The van der Waals surface area contributed by atoms with Crippen LogP contribution >= 0.6 is 0 Å². The number of nitrogens with zero attached hydrogens (tertiary/aromatic N) is 1. The quantitative estimate of drug-likeness (QED) is 0.756. The van der Waals surface area contributed by atoms with Crippen LogP contribution < -0.4 is 4.72 Å². The van der Waals surface area contributed by atoms with Gasteiger partial charge in [-0.05, 0) is 12.8 Å². The molecule has 0 amide bonds.